The number of para-hydroxylation sites is 2. The molecule has 124 valence electrons. The number of amides is 2. The highest BCUT2D eigenvalue weighted by atomic mass is 32.1. The number of benzene rings is 1. The topological polar surface area (TPSA) is 97.4 Å². The van der Waals surface area contributed by atoms with Gasteiger partial charge in [-0.2, -0.15) is 0 Å². The summed E-state index contributed by atoms with van der Waals surface area (Å²) in [5, 5.41) is 5.47. The van der Waals surface area contributed by atoms with Gasteiger partial charge in [0.15, 0.2) is 10.9 Å². The van der Waals surface area contributed by atoms with Crippen LogP contribution in [0.3, 0.4) is 0 Å². The van der Waals surface area contributed by atoms with Gasteiger partial charge in [0.25, 0.3) is 17.4 Å². The normalized spacial score (nSPS) is 19.0. The molecule has 1 unspecified atom stereocenters. The van der Waals surface area contributed by atoms with Gasteiger partial charge in [-0.05, 0) is 26.0 Å². The van der Waals surface area contributed by atoms with Gasteiger partial charge in [-0.15, -0.1) is 0 Å². The van der Waals surface area contributed by atoms with Crippen molar-refractivity contribution in [2.45, 2.75) is 26.4 Å². The van der Waals surface area contributed by atoms with Crippen LogP contribution >= 0.6 is 11.3 Å². The molecule has 3 rings (SSSR count). The Morgan fingerprint density at radius 2 is 2.04 bits per heavy atom. The number of nitrogens with one attached hydrogen (secondary N) is 2. The molecule has 2 heterocycles. The Morgan fingerprint density at radius 3 is 2.71 bits per heavy atom. The fourth-order valence-electron chi connectivity index (χ4n) is 2.31. The van der Waals surface area contributed by atoms with Crippen molar-refractivity contribution in [2.75, 3.05) is 10.6 Å². The molecule has 24 heavy (non-hydrogen) atoms. The van der Waals surface area contributed by atoms with Crippen molar-refractivity contribution in [3.05, 3.63) is 34.8 Å². The predicted octanol–water partition coefficient (Wildman–Crippen LogP) is 2.38. The van der Waals surface area contributed by atoms with Crippen LogP contribution in [0, 0.1) is 6.92 Å². The van der Waals surface area contributed by atoms with Crippen LogP contribution in [0.25, 0.3) is 0 Å². The zero-order chi connectivity index (χ0) is 17.5. The van der Waals surface area contributed by atoms with Crippen molar-refractivity contribution in [3.8, 4) is 5.75 Å². The average molecular weight is 345 g/mol. The third kappa shape index (κ3) is 2.65. The van der Waals surface area contributed by atoms with E-state index in [4.69, 9.17) is 4.74 Å². The minimum absolute atomic E-state index is 0.128. The third-order valence-electron chi connectivity index (χ3n) is 3.65. The highest BCUT2D eigenvalue weighted by molar-refractivity contribution is 7.17. The fraction of sp³-hybridized carbons (Fsp3) is 0.250. The Morgan fingerprint density at radius 1 is 1.33 bits per heavy atom. The predicted molar refractivity (Wildman–Crippen MR) is 89.6 cm³/mol. The van der Waals surface area contributed by atoms with E-state index in [1.807, 2.05) is 0 Å². The van der Waals surface area contributed by atoms with Crippen LogP contribution in [0.5, 0.6) is 5.75 Å². The molecule has 7 nitrogen and oxygen atoms in total. The monoisotopic (exact) mass is 345 g/mol. The quantitative estimate of drug-likeness (QED) is 0.657. The summed E-state index contributed by atoms with van der Waals surface area (Å²) in [6.45, 7) is 4.51. The second-order valence-electron chi connectivity index (χ2n) is 5.53. The summed E-state index contributed by atoms with van der Waals surface area (Å²) in [6.07, 6.45) is 0. The van der Waals surface area contributed by atoms with Gasteiger partial charge in [-0.1, -0.05) is 23.5 Å². The minimum atomic E-state index is -1.73. The first-order chi connectivity index (χ1) is 11.3. The summed E-state index contributed by atoms with van der Waals surface area (Å²) >= 11 is 1.07. The zero-order valence-electron chi connectivity index (χ0n) is 13.3. The van der Waals surface area contributed by atoms with Gasteiger partial charge in [0.2, 0.25) is 0 Å². The Balaban J connectivity index is 1.85. The molecule has 1 atom stereocenters. The Kier molecular flexibility index (Phi) is 3.84. The smallest absolute Gasteiger partial charge is 0.280 e. The van der Waals surface area contributed by atoms with Crippen LogP contribution in [0.15, 0.2) is 24.3 Å². The molecule has 1 aromatic carbocycles. The largest absolute Gasteiger partial charge is 0.466 e. The number of thiazole rings is 1. The second kappa shape index (κ2) is 5.72. The van der Waals surface area contributed by atoms with E-state index < -0.39 is 17.4 Å². The molecular formula is C16H15N3O4S. The molecule has 0 radical (unpaired) electrons. The lowest BCUT2D eigenvalue weighted by molar-refractivity contribution is -0.143. The molecule has 0 spiro atoms. The van der Waals surface area contributed by atoms with E-state index in [-0.39, 0.29) is 10.9 Å². The number of fused-ring (bicyclic) bond motifs is 1. The maximum atomic E-state index is 12.6. The van der Waals surface area contributed by atoms with E-state index in [0.717, 1.165) is 11.3 Å². The van der Waals surface area contributed by atoms with Crippen molar-refractivity contribution in [3.63, 3.8) is 0 Å². The lowest BCUT2D eigenvalue weighted by Gasteiger charge is -2.32. The summed E-state index contributed by atoms with van der Waals surface area (Å²) in [6, 6.07) is 6.86. The van der Waals surface area contributed by atoms with Crippen molar-refractivity contribution in [1.82, 2.24) is 4.98 Å². The van der Waals surface area contributed by atoms with E-state index in [9.17, 15) is 14.4 Å². The summed E-state index contributed by atoms with van der Waals surface area (Å²) in [4.78, 5) is 41.0. The van der Waals surface area contributed by atoms with E-state index in [0.29, 0.717) is 22.0 Å². The summed E-state index contributed by atoms with van der Waals surface area (Å²) in [5.41, 5.74) is -0.686. The molecule has 8 heteroatoms. The fourth-order valence-corrected chi connectivity index (χ4v) is 3.17. The molecule has 0 fully saturated rings. The Bertz CT molecular complexity index is 861. The SMILES string of the molecule is CC(=O)c1sc(NC(=O)C2(C)Oc3ccccc3NC2=O)nc1C. The Hall–Kier alpha value is -2.74. The molecular weight excluding hydrogens is 330 g/mol. The lowest BCUT2D eigenvalue weighted by atomic mass is 10.0. The third-order valence-corrected chi connectivity index (χ3v) is 4.83. The number of hydrogen-bond donors (Lipinski definition) is 2. The summed E-state index contributed by atoms with van der Waals surface area (Å²) in [5.74, 6) is -0.941. The van der Waals surface area contributed by atoms with Crippen LogP contribution in [0.2, 0.25) is 0 Å². The average Bonchev–Trinajstić information content (AvgIpc) is 2.89. The van der Waals surface area contributed by atoms with E-state index in [1.54, 1.807) is 31.2 Å². The summed E-state index contributed by atoms with van der Waals surface area (Å²) < 4.78 is 5.64. The van der Waals surface area contributed by atoms with Gasteiger partial charge in [0, 0.05) is 6.92 Å². The molecule has 2 aromatic rings. The Labute approximate surface area is 142 Å². The first kappa shape index (κ1) is 16.1. The van der Waals surface area contributed by atoms with Crippen molar-refractivity contribution < 1.29 is 19.1 Å². The molecule has 0 bridgehead atoms. The first-order valence-electron chi connectivity index (χ1n) is 7.20. The van der Waals surface area contributed by atoms with Crippen molar-refractivity contribution in [2.24, 2.45) is 0 Å². The van der Waals surface area contributed by atoms with Gasteiger partial charge in [0.05, 0.1) is 16.3 Å². The van der Waals surface area contributed by atoms with E-state index in [1.165, 1.54) is 13.8 Å². The molecule has 1 aliphatic rings. The van der Waals surface area contributed by atoms with Gasteiger partial charge >= 0.3 is 0 Å². The maximum Gasteiger partial charge on any atom is 0.280 e. The molecule has 0 aliphatic carbocycles. The van der Waals surface area contributed by atoms with Crippen LogP contribution in [0.1, 0.15) is 29.2 Å². The number of Topliss-reactive ketones (excluding diaryl/α,β-unsaturated/α-hetero) is 1. The molecule has 1 aliphatic heterocycles. The number of hydrogen-bond acceptors (Lipinski definition) is 6. The highest BCUT2D eigenvalue weighted by Crippen LogP contribution is 2.34. The van der Waals surface area contributed by atoms with Crippen molar-refractivity contribution in [1.29, 1.82) is 0 Å². The van der Waals surface area contributed by atoms with Crippen LogP contribution < -0.4 is 15.4 Å². The molecule has 2 N–H and O–H groups in total. The highest BCUT2D eigenvalue weighted by Gasteiger charge is 2.47. The maximum absolute atomic E-state index is 12.6. The molecule has 2 amide bonds. The number of aromatic nitrogens is 1. The molecule has 0 saturated carbocycles. The standard InChI is InChI=1S/C16H15N3O4S/c1-8-12(9(2)20)24-15(17-8)19-14(22)16(3)13(21)18-10-6-4-5-7-11(10)23-16/h4-7H,1-3H3,(H,18,21)(H,17,19,22). The number of ketones is 1. The van der Waals surface area contributed by atoms with Crippen LogP contribution in [0.4, 0.5) is 10.8 Å². The molecule has 1 aromatic heterocycles. The number of carbonyl (C=O) groups excluding carboxylic acids is 3. The number of ether oxygens (including phenoxy) is 1. The number of aryl methyl sites for hydroxylation is 1. The number of rotatable bonds is 3. The minimum Gasteiger partial charge on any atom is -0.466 e. The second-order valence-corrected chi connectivity index (χ2v) is 6.53. The lowest BCUT2D eigenvalue weighted by Crippen LogP contribution is -2.56. The number of nitrogens with zero attached hydrogens (tertiary/aromatic N) is 1. The van der Waals surface area contributed by atoms with Crippen molar-refractivity contribution >= 4 is 39.8 Å². The first-order valence-corrected chi connectivity index (χ1v) is 8.02. The number of anilines is 2. The summed E-state index contributed by atoms with van der Waals surface area (Å²) in [7, 11) is 0. The molecule has 0 saturated heterocycles. The van der Waals surface area contributed by atoms with E-state index >= 15 is 0 Å². The van der Waals surface area contributed by atoms with Gasteiger partial charge in [0.1, 0.15) is 5.75 Å². The van der Waals surface area contributed by atoms with Crippen LogP contribution in [-0.4, -0.2) is 28.2 Å². The van der Waals surface area contributed by atoms with E-state index in [2.05, 4.69) is 15.6 Å². The van der Waals surface area contributed by atoms with Gasteiger partial charge in [-0.25, -0.2) is 4.98 Å². The zero-order valence-corrected chi connectivity index (χ0v) is 14.1. The van der Waals surface area contributed by atoms with Crippen LogP contribution in [-0.2, 0) is 9.59 Å². The number of carbonyl (C=O) groups is 3. The van der Waals surface area contributed by atoms with Gasteiger partial charge < -0.3 is 10.1 Å². The van der Waals surface area contributed by atoms with Gasteiger partial charge in [-0.3, -0.25) is 19.7 Å².